The molecule has 0 unspecified atom stereocenters. The van der Waals surface area contributed by atoms with E-state index in [-0.39, 0.29) is 11.4 Å². The molecule has 32 heavy (non-hydrogen) atoms. The molecule has 0 fully saturated rings. The Morgan fingerprint density at radius 1 is 1.06 bits per heavy atom. The van der Waals surface area contributed by atoms with Gasteiger partial charge in [-0.3, -0.25) is 4.79 Å². The van der Waals surface area contributed by atoms with Crippen molar-refractivity contribution in [2.24, 2.45) is 0 Å². The van der Waals surface area contributed by atoms with Crippen LogP contribution in [0.5, 0.6) is 11.5 Å². The van der Waals surface area contributed by atoms with Gasteiger partial charge < -0.3 is 19.8 Å². The maximum absolute atomic E-state index is 13.1. The first-order valence-electron chi connectivity index (χ1n) is 10.4. The fourth-order valence-electron chi connectivity index (χ4n) is 4.13. The summed E-state index contributed by atoms with van der Waals surface area (Å²) in [6.45, 7) is -0.319. The third kappa shape index (κ3) is 4.18. The molecule has 2 N–H and O–H groups in total. The van der Waals surface area contributed by atoms with Gasteiger partial charge in [-0.2, -0.15) is 4.31 Å². The summed E-state index contributed by atoms with van der Waals surface area (Å²) in [5.41, 5.74) is 3.84. The molecule has 1 aliphatic carbocycles. The molecule has 0 bridgehead atoms. The normalized spacial score (nSPS) is 13.8. The molecule has 0 spiro atoms. The van der Waals surface area contributed by atoms with Crippen LogP contribution in [0.4, 0.5) is 5.69 Å². The summed E-state index contributed by atoms with van der Waals surface area (Å²) in [5, 5.41) is 3.65. The lowest BCUT2D eigenvalue weighted by Crippen LogP contribution is -2.35. The maximum atomic E-state index is 13.1. The molecule has 1 aliphatic rings. The number of likely N-dealkylation sites (N-methyl/N-ethyl adjacent to an activating group) is 1. The number of rotatable bonds is 7. The van der Waals surface area contributed by atoms with Gasteiger partial charge in [-0.25, -0.2) is 8.42 Å². The second-order valence-corrected chi connectivity index (χ2v) is 9.92. The van der Waals surface area contributed by atoms with E-state index in [9.17, 15) is 13.2 Å². The topological polar surface area (TPSA) is 101 Å². The molecule has 170 valence electrons. The predicted molar refractivity (Wildman–Crippen MR) is 123 cm³/mol. The summed E-state index contributed by atoms with van der Waals surface area (Å²) >= 11 is 0. The number of nitrogens with zero attached hydrogens (tertiary/aromatic N) is 1. The summed E-state index contributed by atoms with van der Waals surface area (Å²) in [6.07, 6.45) is 4.18. The number of aromatic amines is 1. The van der Waals surface area contributed by atoms with Crippen molar-refractivity contribution in [3.8, 4) is 11.5 Å². The number of anilines is 1. The van der Waals surface area contributed by atoms with E-state index in [4.69, 9.17) is 9.47 Å². The van der Waals surface area contributed by atoms with Crippen LogP contribution in [-0.2, 0) is 27.7 Å². The van der Waals surface area contributed by atoms with Crippen LogP contribution >= 0.6 is 0 Å². The number of amides is 1. The highest BCUT2D eigenvalue weighted by Crippen LogP contribution is 2.32. The highest BCUT2D eigenvalue weighted by atomic mass is 32.2. The number of nitrogens with one attached hydrogen (secondary N) is 2. The fourth-order valence-corrected chi connectivity index (χ4v) is 5.28. The third-order valence-electron chi connectivity index (χ3n) is 5.81. The van der Waals surface area contributed by atoms with Crippen LogP contribution in [-0.4, -0.2) is 51.4 Å². The summed E-state index contributed by atoms with van der Waals surface area (Å²) in [5.74, 6) is 0.547. The largest absolute Gasteiger partial charge is 0.493 e. The Balaban J connectivity index is 1.51. The molecule has 0 saturated carbocycles. The van der Waals surface area contributed by atoms with E-state index in [1.165, 1.54) is 32.5 Å². The van der Waals surface area contributed by atoms with Crippen molar-refractivity contribution in [2.45, 2.75) is 30.6 Å². The monoisotopic (exact) mass is 457 g/mol. The molecule has 8 nitrogen and oxygen atoms in total. The van der Waals surface area contributed by atoms with Crippen LogP contribution in [0.2, 0.25) is 0 Å². The van der Waals surface area contributed by atoms with Gasteiger partial charge in [0.25, 0.3) is 0 Å². The van der Waals surface area contributed by atoms with Gasteiger partial charge in [0.05, 0.1) is 25.7 Å². The van der Waals surface area contributed by atoms with Crippen LogP contribution in [0.3, 0.4) is 0 Å². The summed E-state index contributed by atoms with van der Waals surface area (Å²) in [4.78, 5) is 16.1. The number of carbonyl (C=O) groups is 1. The maximum Gasteiger partial charge on any atom is 0.243 e. The highest BCUT2D eigenvalue weighted by Gasteiger charge is 2.25. The van der Waals surface area contributed by atoms with Gasteiger partial charge in [-0.05, 0) is 61.6 Å². The van der Waals surface area contributed by atoms with Gasteiger partial charge in [-0.15, -0.1) is 0 Å². The highest BCUT2D eigenvalue weighted by molar-refractivity contribution is 7.89. The first-order chi connectivity index (χ1) is 15.3. The van der Waals surface area contributed by atoms with Crippen molar-refractivity contribution in [2.75, 3.05) is 33.1 Å². The van der Waals surface area contributed by atoms with Gasteiger partial charge >= 0.3 is 0 Å². The molecular weight excluding hydrogens is 430 g/mol. The first-order valence-corrected chi connectivity index (χ1v) is 11.9. The smallest absolute Gasteiger partial charge is 0.243 e. The van der Waals surface area contributed by atoms with E-state index < -0.39 is 15.9 Å². The molecule has 0 saturated heterocycles. The molecule has 0 atom stereocenters. The fraction of sp³-hybridized carbons (Fsp3) is 0.348. The number of aromatic nitrogens is 1. The number of H-pyrrole nitrogens is 1. The number of fused-ring (bicyclic) bond motifs is 3. The Hall–Kier alpha value is -3.04. The van der Waals surface area contributed by atoms with Crippen molar-refractivity contribution in [3.63, 3.8) is 0 Å². The number of carbonyl (C=O) groups excluding carboxylic acids is 1. The third-order valence-corrected chi connectivity index (χ3v) is 7.61. The van der Waals surface area contributed by atoms with Crippen LogP contribution < -0.4 is 14.8 Å². The lowest BCUT2D eigenvalue weighted by atomic mass is 9.96. The number of hydrogen-bond acceptors (Lipinski definition) is 5. The van der Waals surface area contributed by atoms with E-state index >= 15 is 0 Å². The SMILES string of the molecule is COc1ccc(NC(=O)CN(C)S(=O)(=O)c2ccc3[nH]c4c(c3c2)CCCC4)cc1OC. The standard InChI is InChI=1S/C23H27N3O5S/c1-26(14-23(27)24-15-8-11-21(30-2)22(12-15)31-3)32(28,29)16-9-10-20-18(13-16)17-6-4-5-7-19(17)25-20/h8-13,25H,4-7,14H2,1-3H3,(H,24,27). The van der Waals surface area contributed by atoms with E-state index in [0.717, 1.165) is 40.9 Å². The van der Waals surface area contributed by atoms with Crippen LogP contribution in [0.15, 0.2) is 41.3 Å². The number of methoxy groups -OCH3 is 2. The van der Waals surface area contributed by atoms with Crippen LogP contribution in [0.25, 0.3) is 10.9 Å². The van der Waals surface area contributed by atoms with Gasteiger partial charge in [-0.1, -0.05) is 0 Å². The van der Waals surface area contributed by atoms with E-state index in [1.807, 2.05) is 0 Å². The molecule has 0 aliphatic heterocycles. The molecular formula is C23H27N3O5S. The van der Waals surface area contributed by atoms with Crippen molar-refractivity contribution in [3.05, 3.63) is 47.7 Å². The average Bonchev–Trinajstić information content (AvgIpc) is 3.16. The van der Waals surface area contributed by atoms with Crippen molar-refractivity contribution >= 4 is 32.5 Å². The second kappa shape index (κ2) is 8.84. The molecule has 3 aromatic rings. The van der Waals surface area contributed by atoms with Crippen molar-refractivity contribution < 1.29 is 22.7 Å². The minimum absolute atomic E-state index is 0.179. The number of ether oxygens (including phenoxy) is 2. The minimum atomic E-state index is -3.83. The predicted octanol–water partition coefficient (Wildman–Crippen LogP) is 3.32. The molecule has 2 aromatic carbocycles. The number of hydrogen-bond donors (Lipinski definition) is 2. The zero-order chi connectivity index (χ0) is 22.9. The van der Waals surface area contributed by atoms with E-state index in [0.29, 0.717) is 17.2 Å². The quantitative estimate of drug-likeness (QED) is 0.567. The molecule has 4 rings (SSSR count). The lowest BCUT2D eigenvalue weighted by Gasteiger charge is -2.17. The van der Waals surface area contributed by atoms with Gasteiger partial charge in [0.2, 0.25) is 15.9 Å². The first kappa shape index (κ1) is 22.2. The van der Waals surface area contributed by atoms with E-state index in [1.54, 1.807) is 36.4 Å². The van der Waals surface area contributed by atoms with Gasteiger partial charge in [0.15, 0.2) is 11.5 Å². The summed E-state index contributed by atoms with van der Waals surface area (Å²) in [6, 6.07) is 10.1. The van der Waals surface area contributed by atoms with Crippen LogP contribution in [0.1, 0.15) is 24.1 Å². The summed E-state index contributed by atoms with van der Waals surface area (Å²) < 4.78 is 37.8. The Bertz CT molecular complexity index is 1270. The Morgan fingerprint density at radius 2 is 1.81 bits per heavy atom. The Kier molecular flexibility index (Phi) is 6.12. The lowest BCUT2D eigenvalue weighted by molar-refractivity contribution is -0.116. The zero-order valence-electron chi connectivity index (χ0n) is 18.4. The van der Waals surface area contributed by atoms with Crippen molar-refractivity contribution in [1.29, 1.82) is 0 Å². The van der Waals surface area contributed by atoms with Crippen molar-refractivity contribution in [1.82, 2.24) is 9.29 Å². The van der Waals surface area contributed by atoms with E-state index in [2.05, 4.69) is 10.3 Å². The molecule has 9 heteroatoms. The molecule has 0 radical (unpaired) electrons. The van der Waals surface area contributed by atoms with Gasteiger partial charge in [0, 0.05) is 35.4 Å². The Labute approximate surface area is 187 Å². The van der Waals surface area contributed by atoms with Gasteiger partial charge in [0.1, 0.15) is 0 Å². The summed E-state index contributed by atoms with van der Waals surface area (Å²) in [7, 11) is 0.598. The zero-order valence-corrected chi connectivity index (χ0v) is 19.2. The molecule has 1 amide bonds. The number of aryl methyl sites for hydroxylation is 2. The Morgan fingerprint density at radius 3 is 2.56 bits per heavy atom. The average molecular weight is 458 g/mol. The molecule has 1 aromatic heterocycles. The number of benzene rings is 2. The van der Waals surface area contributed by atoms with Crippen LogP contribution in [0, 0.1) is 0 Å². The second-order valence-electron chi connectivity index (χ2n) is 7.88. The minimum Gasteiger partial charge on any atom is -0.493 e. The number of sulfonamides is 1. The molecule has 1 heterocycles.